The lowest BCUT2D eigenvalue weighted by atomic mass is 9.95. The minimum Gasteiger partial charge on any atom is -0.497 e. The Kier molecular flexibility index (Phi) is 4.84. The van der Waals surface area contributed by atoms with E-state index in [1.165, 1.54) is 19.3 Å². The van der Waals surface area contributed by atoms with Gasteiger partial charge in [-0.3, -0.25) is 9.59 Å². The summed E-state index contributed by atoms with van der Waals surface area (Å²) in [5.74, 6) is 0.376. The molecule has 2 unspecified atom stereocenters. The molecule has 2 fully saturated rings. The lowest BCUT2D eigenvalue weighted by molar-refractivity contribution is -0.126. The van der Waals surface area contributed by atoms with Gasteiger partial charge < -0.3 is 15.4 Å². The summed E-state index contributed by atoms with van der Waals surface area (Å²) in [5.41, 5.74) is 0.731. The predicted molar refractivity (Wildman–Crippen MR) is 88.2 cm³/mol. The number of amides is 2. The Hall–Kier alpha value is -2.04. The first kappa shape index (κ1) is 15.8. The van der Waals surface area contributed by atoms with Crippen LogP contribution in [-0.2, 0) is 9.59 Å². The van der Waals surface area contributed by atoms with E-state index in [-0.39, 0.29) is 23.7 Å². The molecule has 0 spiro atoms. The van der Waals surface area contributed by atoms with Crippen molar-refractivity contribution in [2.75, 3.05) is 12.4 Å². The van der Waals surface area contributed by atoms with Crippen molar-refractivity contribution >= 4 is 17.5 Å². The zero-order valence-electron chi connectivity index (χ0n) is 13.5. The van der Waals surface area contributed by atoms with Crippen molar-refractivity contribution in [1.82, 2.24) is 5.32 Å². The third-order valence-electron chi connectivity index (χ3n) is 4.77. The fourth-order valence-electron chi connectivity index (χ4n) is 3.24. The minimum atomic E-state index is -0.194. The van der Waals surface area contributed by atoms with Crippen LogP contribution >= 0.6 is 0 Å². The molecule has 0 aromatic heterocycles. The van der Waals surface area contributed by atoms with Crippen LogP contribution in [0.3, 0.4) is 0 Å². The highest BCUT2D eigenvalue weighted by atomic mass is 16.5. The first-order valence-electron chi connectivity index (χ1n) is 8.42. The average molecular weight is 316 g/mol. The van der Waals surface area contributed by atoms with Crippen LogP contribution in [0.25, 0.3) is 0 Å². The van der Waals surface area contributed by atoms with E-state index in [0.29, 0.717) is 12.5 Å². The number of nitrogens with one attached hydrogen (secondary N) is 2. The van der Waals surface area contributed by atoms with E-state index in [9.17, 15) is 9.59 Å². The first-order valence-corrected chi connectivity index (χ1v) is 8.42. The van der Waals surface area contributed by atoms with Gasteiger partial charge in [-0.2, -0.15) is 0 Å². The van der Waals surface area contributed by atoms with Gasteiger partial charge in [0.1, 0.15) is 5.75 Å². The molecule has 2 N–H and O–H groups in total. The fourth-order valence-corrected chi connectivity index (χ4v) is 3.24. The fraction of sp³-hybridized carbons (Fsp3) is 0.556. The Labute approximate surface area is 136 Å². The van der Waals surface area contributed by atoms with E-state index < -0.39 is 0 Å². The number of anilines is 1. The second-order valence-electron chi connectivity index (χ2n) is 6.51. The Bertz CT molecular complexity index is 564. The molecule has 0 saturated heterocycles. The molecule has 2 saturated carbocycles. The summed E-state index contributed by atoms with van der Waals surface area (Å²) < 4.78 is 5.09. The quantitative estimate of drug-likeness (QED) is 0.877. The van der Waals surface area contributed by atoms with Gasteiger partial charge >= 0.3 is 0 Å². The summed E-state index contributed by atoms with van der Waals surface area (Å²) in [5, 5.41) is 5.98. The molecular formula is C18H24N2O3. The van der Waals surface area contributed by atoms with E-state index in [2.05, 4.69) is 10.6 Å². The van der Waals surface area contributed by atoms with Crippen molar-refractivity contribution in [3.8, 4) is 5.75 Å². The topological polar surface area (TPSA) is 67.4 Å². The molecule has 3 rings (SSSR count). The monoisotopic (exact) mass is 316 g/mol. The SMILES string of the molecule is COc1ccc(NC(=O)C2CC2C(=O)NC2CCCCC2)cc1. The Balaban J connectivity index is 1.46. The van der Waals surface area contributed by atoms with Gasteiger partial charge in [-0.25, -0.2) is 0 Å². The van der Waals surface area contributed by atoms with Gasteiger partial charge in [0.25, 0.3) is 0 Å². The van der Waals surface area contributed by atoms with E-state index in [1.54, 1.807) is 31.4 Å². The van der Waals surface area contributed by atoms with Crippen LogP contribution < -0.4 is 15.4 Å². The number of hydrogen-bond donors (Lipinski definition) is 2. The number of rotatable bonds is 5. The van der Waals surface area contributed by atoms with Crippen molar-refractivity contribution in [1.29, 1.82) is 0 Å². The Morgan fingerprint density at radius 3 is 2.30 bits per heavy atom. The van der Waals surface area contributed by atoms with Crippen LogP contribution in [0.2, 0.25) is 0 Å². The molecule has 0 aliphatic heterocycles. The minimum absolute atomic E-state index is 0.0479. The first-order chi connectivity index (χ1) is 11.2. The second-order valence-corrected chi connectivity index (χ2v) is 6.51. The average Bonchev–Trinajstić information content (AvgIpc) is 3.37. The highest BCUT2D eigenvalue weighted by Gasteiger charge is 2.48. The standard InChI is InChI=1S/C18H24N2O3/c1-23-14-9-7-13(8-10-14)20-18(22)16-11-15(16)17(21)19-12-5-3-2-4-6-12/h7-10,12,15-16H,2-6,11H2,1H3,(H,19,21)(H,20,22). The van der Waals surface area contributed by atoms with Gasteiger partial charge in [-0.1, -0.05) is 19.3 Å². The van der Waals surface area contributed by atoms with Crippen LogP contribution in [-0.4, -0.2) is 25.0 Å². The molecular weight excluding hydrogens is 292 g/mol. The molecule has 1 aromatic rings. The summed E-state index contributed by atoms with van der Waals surface area (Å²) >= 11 is 0. The van der Waals surface area contributed by atoms with E-state index in [1.807, 2.05) is 0 Å². The molecule has 124 valence electrons. The van der Waals surface area contributed by atoms with Gasteiger partial charge in [0.05, 0.1) is 18.9 Å². The van der Waals surface area contributed by atoms with Crippen LogP contribution in [0.5, 0.6) is 5.75 Å². The molecule has 0 bridgehead atoms. The largest absolute Gasteiger partial charge is 0.497 e. The normalized spacial score (nSPS) is 23.9. The third kappa shape index (κ3) is 4.03. The summed E-state index contributed by atoms with van der Waals surface area (Å²) in [6.07, 6.45) is 6.44. The molecule has 2 aliphatic rings. The number of carbonyl (C=O) groups is 2. The molecule has 5 nitrogen and oxygen atoms in total. The molecule has 0 heterocycles. The molecule has 2 atom stereocenters. The predicted octanol–water partition coefficient (Wildman–Crippen LogP) is 2.72. The number of methoxy groups -OCH3 is 1. The second kappa shape index (κ2) is 7.02. The Morgan fingerprint density at radius 2 is 1.65 bits per heavy atom. The highest BCUT2D eigenvalue weighted by Crippen LogP contribution is 2.40. The van der Waals surface area contributed by atoms with Crippen molar-refractivity contribution < 1.29 is 14.3 Å². The van der Waals surface area contributed by atoms with Crippen molar-refractivity contribution in [2.45, 2.75) is 44.6 Å². The van der Waals surface area contributed by atoms with Crippen LogP contribution in [0.1, 0.15) is 38.5 Å². The summed E-state index contributed by atoms with van der Waals surface area (Å²) in [6, 6.07) is 7.51. The van der Waals surface area contributed by atoms with Gasteiger partial charge in [0.15, 0.2) is 0 Å². The molecule has 1 aromatic carbocycles. The number of carbonyl (C=O) groups excluding carboxylic acids is 2. The van der Waals surface area contributed by atoms with Gasteiger partial charge in [-0.05, 0) is 43.5 Å². The molecule has 23 heavy (non-hydrogen) atoms. The number of benzene rings is 1. The summed E-state index contributed by atoms with van der Waals surface area (Å²) in [6.45, 7) is 0. The van der Waals surface area contributed by atoms with Gasteiger partial charge in [-0.15, -0.1) is 0 Å². The maximum absolute atomic E-state index is 12.2. The molecule has 2 amide bonds. The Morgan fingerprint density at radius 1 is 1.00 bits per heavy atom. The summed E-state index contributed by atoms with van der Waals surface area (Å²) in [4.78, 5) is 24.4. The van der Waals surface area contributed by atoms with E-state index in [0.717, 1.165) is 24.3 Å². The maximum Gasteiger partial charge on any atom is 0.228 e. The third-order valence-corrected chi connectivity index (χ3v) is 4.77. The van der Waals surface area contributed by atoms with E-state index >= 15 is 0 Å². The maximum atomic E-state index is 12.2. The number of hydrogen-bond acceptors (Lipinski definition) is 3. The zero-order valence-corrected chi connectivity index (χ0v) is 13.5. The number of ether oxygens (including phenoxy) is 1. The van der Waals surface area contributed by atoms with Crippen LogP contribution in [0.4, 0.5) is 5.69 Å². The van der Waals surface area contributed by atoms with Gasteiger partial charge in [0, 0.05) is 11.7 Å². The molecule has 0 radical (unpaired) electrons. The van der Waals surface area contributed by atoms with Crippen molar-refractivity contribution in [3.05, 3.63) is 24.3 Å². The van der Waals surface area contributed by atoms with Crippen LogP contribution in [0, 0.1) is 11.8 Å². The van der Waals surface area contributed by atoms with Crippen LogP contribution in [0.15, 0.2) is 24.3 Å². The molecule has 5 heteroatoms. The lowest BCUT2D eigenvalue weighted by Gasteiger charge is -2.22. The highest BCUT2D eigenvalue weighted by molar-refractivity contribution is 5.99. The lowest BCUT2D eigenvalue weighted by Crippen LogP contribution is -2.37. The summed E-state index contributed by atoms with van der Waals surface area (Å²) in [7, 11) is 1.60. The smallest absolute Gasteiger partial charge is 0.228 e. The van der Waals surface area contributed by atoms with Crippen molar-refractivity contribution in [3.63, 3.8) is 0 Å². The van der Waals surface area contributed by atoms with E-state index in [4.69, 9.17) is 4.74 Å². The van der Waals surface area contributed by atoms with Crippen molar-refractivity contribution in [2.24, 2.45) is 11.8 Å². The van der Waals surface area contributed by atoms with Gasteiger partial charge in [0.2, 0.25) is 11.8 Å². The zero-order chi connectivity index (χ0) is 16.2. The molecule has 2 aliphatic carbocycles.